The molecule has 1 rings (SSSR count). The standard InChI is InChI=1S/C43H79NO2/c1-5-7-9-11-13-15-17-19-21-23-25-27-29-31-33-35-39-46-43-40-41(44(3)4)36-37-42(43)45-38-34-32-30-28-26-24-22-20-18-16-14-12-10-8-6-2/h12-15,18-21,41-43H,5-11,16-17,22-40H2,1-4H3. The minimum atomic E-state index is 0.263. The Balaban J connectivity index is 2.06. The van der Waals surface area contributed by atoms with Crippen LogP contribution in [0.1, 0.15) is 181 Å². The maximum Gasteiger partial charge on any atom is 0.0851 e. The van der Waals surface area contributed by atoms with Gasteiger partial charge < -0.3 is 14.4 Å². The van der Waals surface area contributed by atoms with Gasteiger partial charge in [-0.3, -0.25) is 0 Å². The van der Waals surface area contributed by atoms with Crippen molar-refractivity contribution in [2.45, 2.75) is 199 Å². The van der Waals surface area contributed by atoms with Crippen LogP contribution in [0.25, 0.3) is 0 Å². The summed E-state index contributed by atoms with van der Waals surface area (Å²) in [6.07, 6.45) is 52.3. The lowest BCUT2D eigenvalue weighted by molar-refractivity contribution is -0.105. The summed E-state index contributed by atoms with van der Waals surface area (Å²) < 4.78 is 13.0. The smallest absolute Gasteiger partial charge is 0.0851 e. The van der Waals surface area contributed by atoms with E-state index in [-0.39, 0.29) is 12.2 Å². The molecule has 1 aliphatic carbocycles. The summed E-state index contributed by atoms with van der Waals surface area (Å²) >= 11 is 0. The van der Waals surface area contributed by atoms with Crippen molar-refractivity contribution in [3.05, 3.63) is 48.6 Å². The quantitative estimate of drug-likeness (QED) is 0.0539. The summed E-state index contributed by atoms with van der Waals surface area (Å²) in [5, 5.41) is 0. The van der Waals surface area contributed by atoms with Crippen molar-refractivity contribution in [1.82, 2.24) is 4.90 Å². The molecule has 1 aliphatic rings. The van der Waals surface area contributed by atoms with E-state index in [1.807, 2.05) is 0 Å². The van der Waals surface area contributed by atoms with Crippen LogP contribution in [0.5, 0.6) is 0 Å². The van der Waals surface area contributed by atoms with Crippen molar-refractivity contribution < 1.29 is 9.47 Å². The molecule has 0 aliphatic heterocycles. The van der Waals surface area contributed by atoms with Crippen molar-refractivity contribution in [3.8, 4) is 0 Å². The monoisotopic (exact) mass is 642 g/mol. The molecule has 0 aromatic heterocycles. The molecule has 3 atom stereocenters. The summed E-state index contributed by atoms with van der Waals surface area (Å²) in [5.41, 5.74) is 0. The minimum Gasteiger partial charge on any atom is -0.376 e. The van der Waals surface area contributed by atoms with Crippen LogP contribution in [-0.4, -0.2) is 50.5 Å². The maximum atomic E-state index is 6.50. The summed E-state index contributed by atoms with van der Waals surface area (Å²) in [7, 11) is 4.43. The maximum absolute atomic E-state index is 6.50. The lowest BCUT2D eigenvalue weighted by Crippen LogP contribution is -2.44. The number of unbranched alkanes of at least 4 members (excludes halogenated alkanes) is 17. The van der Waals surface area contributed by atoms with Gasteiger partial charge in [0.15, 0.2) is 0 Å². The molecule has 1 fully saturated rings. The van der Waals surface area contributed by atoms with Crippen LogP contribution < -0.4 is 0 Å². The number of nitrogens with zero attached hydrogens (tertiary/aromatic N) is 1. The van der Waals surface area contributed by atoms with E-state index >= 15 is 0 Å². The number of allylic oxidation sites excluding steroid dienone is 8. The first-order valence-electron chi connectivity index (χ1n) is 20.2. The molecule has 0 saturated heterocycles. The second-order valence-corrected chi connectivity index (χ2v) is 14.1. The normalized spacial score (nSPS) is 19.3. The molecule has 0 spiro atoms. The predicted molar refractivity (Wildman–Crippen MR) is 205 cm³/mol. The van der Waals surface area contributed by atoms with Crippen molar-refractivity contribution >= 4 is 0 Å². The van der Waals surface area contributed by atoms with E-state index in [0.717, 1.165) is 38.9 Å². The average Bonchev–Trinajstić information content (AvgIpc) is 3.06. The third-order valence-corrected chi connectivity index (χ3v) is 9.54. The van der Waals surface area contributed by atoms with Gasteiger partial charge in [0.1, 0.15) is 0 Å². The van der Waals surface area contributed by atoms with Crippen molar-refractivity contribution in [2.75, 3.05) is 27.3 Å². The fourth-order valence-electron chi connectivity index (χ4n) is 6.38. The number of hydrogen-bond acceptors (Lipinski definition) is 3. The van der Waals surface area contributed by atoms with E-state index in [2.05, 4.69) is 81.5 Å². The summed E-state index contributed by atoms with van der Waals surface area (Å²) in [5.74, 6) is 0. The number of hydrogen-bond donors (Lipinski definition) is 0. The van der Waals surface area contributed by atoms with E-state index in [9.17, 15) is 0 Å². The van der Waals surface area contributed by atoms with Crippen LogP contribution in [0.4, 0.5) is 0 Å². The van der Waals surface area contributed by atoms with E-state index in [1.165, 1.54) is 141 Å². The molecular formula is C43H79NO2. The Bertz CT molecular complexity index is 739. The molecule has 0 N–H and O–H groups in total. The zero-order valence-electron chi connectivity index (χ0n) is 31.4. The first kappa shape index (κ1) is 42.9. The third-order valence-electron chi connectivity index (χ3n) is 9.54. The van der Waals surface area contributed by atoms with E-state index in [0.29, 0.717) is 6.04 Å². The Hall–Kier alpha value is -1.16. The molecule has 268 valence electrons. The first-order chi connectivity index (χ1) is 22.7. The van der Waals surface area contributed by atoms with Gasteiger partial charge in [0.05, 0.1) is 12.2 Å². The van der Waals surface area contributed by atoms with Gasteiger partial charge in [-0.15, -0.1) is 0 Å². The molecule has 46 heavy (non-hydrogen) atoms. The zero-order chi connectivity index (χ0) is 33.2. The highest BCUT2D eigenvalue weighted by Crippen LogP contribution is 2.27. The average molecular weight is 642 g/mol. The van der Waals surface area contributed by atoms with Crippen LogP contribution in [0, 0.1) is 0 Å². The Morgan fingerprint density at radius 2 is 0.870 bits per heavy atom. The molecule has 0 amide bonds. The Morgan fingerprint density at radius 3 is 1.35 bits per heavy atom. The lowest BCUT2D eigenvalue weighted by Gasteiger charge is -2.38. The van der Waals surface area contributed by atoms with Crippen LogP contribution in [0.2, 0.25) is 0 Å². The first-order valence-corrected chi connectivity index (χ1v) is 20.2. The number of rotatable bonds is 32. The van der Waals surface area contributed by atoms with E-state index < -0.39 is 0 Å². The van der Waals surface area contributed by atoms with Crippen molar-refractivity contribution in [1.29, 1.82) is 0 Å². The molecular weight excluding hydrogens is 562 g/mol. The second kappa shape index (κ2) is 33.7. The largest absolute Gasteiger partial charge is 0.376 e. The van der Waals surface area contributed by atoms with Gasteiger partial charge in [0, 0.05) is 19.3 Å². The fourth-order valence-corrected chi connectivity index (χ4v) is 6.38. The minimum absolute atomic E-state index is 0.263. The molecule has 0 aromatic carbocycles. The number of ether oxygens (including phenoxy) is 2. The predicted octanol–water partition coefficient (Wildman–Crippen LogP) is 13.1. The highest BCUT2D eigenvalue weighted by Gasteiger charge is 2.32. The highest BCUT2D eigenvalue weighted by molar-refractivity contribution is 4.93. The van der Waals surface area contributed by atoms with Gasteiger partial charge in [0.25, 0.3) is 0 Å². The highest BCUT2D eigenvalue weighted by atomic mass is 16.5. The molecule has 3 heteroatoms. The molecule has 0 aromatic rings. The molecule has 1 saturated carbocycles. The third kappa shape index (κ3) is 26.9. The zero-order valence-corrected chi connectivity index (χ0v) is 31.4. The molecule has 3 unspecified atom stereocenters. The summed E-state index contributed by atoms with van der Waals surface area (Å²) in [6, 6.07) is 0.623. The van der Waals surface area contributed by atoms with Crippen LogP contribution >= 0.6 is 0 Å². The van der Waals surface area contributed by atoms with Gasteiger partial charge in [-0.1, -0.05) is 140 Å². The molecule has 0 bridgehead atoms. The van der Waals surface area contributed by atoms with Gasteiger partial charge in [-0.2, -0.15) is 0 Å². The van der Waals surface area contributed by atoms with Gasteiger partial charge in [-0.25, -0.2) is 0 Å². The van der Waals surface area contributed by atoms with Gasteiger partial charge in [-0.05, 0) is 104 Å². The Labute approximate surface area is 288 Å². The molecule has 0 heterocycles. The SMILES string of the molecule is CCCCC=CCC=CCCCCCCCCOC1CCC(N(C)C)CC1OCCCCCCCCC=CCC=CCCCCC. The summed E-state index contributed by atoms with van der Waals surface area (Å²) in [6.45, 7) is 6.32. The lowest BCUT2D eigenvalue weighted by atomic mass is 9.89. The van der Waals surface area contributed by atoms with Crippen LogP contribution in [-0.2, 0) is 9.47 Å². The van der Waals surface area contributed by atoms with E-state index in [4.69, 9.17) is 9.47 Å². The molecule has 0 radical (unpaired) electrons. The summed E-state index contributed by atoms with van der Waals surface area (Å²) in [4.78, 5) is 2.38. The fraction of sp³-hybridized carbons (Fsp3) is 0.814. The van der Waals surface area contributed by atoms with Crippen molar-refractivity contribution in [2.24, 2.45) is 0 Å². The van der Waals surface area contributed by atoms with Gasteiger partial charge >= 0.3 is 0 Å². The Morgan fingerprint density at radius 1 is 0.457 bits per heavy atom. The Kier molecular flexibility index (Phi) is 31.4. The van der Waals surface area contributed by atoms with Crippen LogP contribution in [0.3, 0.4) is 0 Å². The topological polar surface area (TPSA) is 21.7 Å². The van der Waals surface area contributed by atoms with E-state index in [1.54, 1.807) is 0 Å². The second-order valence-electron chi connectivity index (χ2n) is 14.1. The van der Waals surface area contributed by atoms with Crippen LogP contribution in [0.15, 0.2) is 48.6 Å². The molecule has 3 nitrogen and oxygen atoms in total. The van der Waals surface area contributed by atoms with Gasteiger partial charge in [0.2, 0.25) is 0 Å². The van der Waals surface area contributed by atoms with Crippen molar-refractivity contribution in [3.63, 3.8) is 0 Å².